The van der Waals surface area contributed by atoms with Crippen molar-refractivity contribution in [3.63, 3.8) is 0 Å². The predicted molar refractivity (Wildman–Crippen MR) is 165 cm³/mol. The number of ether oxygens (including phenoxy) is 4. The van der Waals surface area contributed by atoms with E-state index in [4.69, 9.17) is 25.4 Å². The summed E-state index contributed by atoms with van der Waals surface area (Å²) in [5.74, 6) is 2.19. The molecule has 0 aliphatic heterocycles. The molecule has 6 nitrogen and oxygen atoms in total. The van der Waals surface area contributed by atoms with Crippen molar-refractivity contribution >= 4 is 11.9 Å². The Hall–Kier alpha value is -2.36. The van der Waals surface area contributed by atoms with E-state index in [2.05, 4.69) is 5.92 Å². The lowest BCUT2D eigenvalue weighted by molar-refractivity contribution is -0.163. The number of hydrogen-bond acceptors (Lipinski definition) is 6. The molecule has 0 saturated heterocycles. The number of methoxy groups -OCH3 is 1. The predicted octanol–water partition coefficient (Wildman–Crippen LogP) is 8.35. The Morgan fingerprint density at radius 1 is 0.707 bits per heavy atom. The molecular formula is C35H56O6. The normalized spacial score (nSPS) is 11.6. The van der Waals surface area contributed by atoms with E-state index >= 15 is 0 Å². The summed E-state index contributed by atoms with van der Waals surface area (Å²) in [7, 11) is 1.71. The summed E-state index contributed by atoms with van der Waals surface area (Å²) >= 11 is 0. The first-order chi connectivity index (χ1) is 20.2. The minimum Gasteiger partial charge on any atom is -0.462 e. The number of carbonyl (C=O) groups excluding carboxylic acids is 2. The Balaban J connectivity index is 2.20. The average molecular weight is 573 g/mol. The fourth-order valence-corrected chi connectivity index (χ4v) is 4.63. The van der Waals surface area contributed by atoms with Crippen LogP contribution in [0, 0.1) is 12.3 Å². The van der Waals surface area contributed by atoms with E-state index in [1.165, 1.54) is 44.9 Å². The van der Waals surface area contributed by atoms with Gasteiger partial charge in [0.1, 0.15) is 6.61 Å². The number of unbranched alkanes of at least 4 members (excludes halogenated alkanes) is 15. The maximum atomic E-state index is 12.4. The Labute approximate surface area is 250 Å². The summed E-state index contributed by atoms with van der Waals surface area (Å²) in [4.78, 5) is 24.8. The molecule has 0 aromatic heterocycles. The van der Waals surface area contributed by atoms with Crippen molar-refractivity contribution in [1.82, 2.24) is 0 Å². The number of hydrogen-bond donors (Lipinski definition) is 0. The smallest absolute Gasteiger partial charge is 0.306 e. The first-order valence-corrected chi connectivity index (χ1v) is 16.0. The van der Waals surface area contributed by atoms with Crippen LogP contribution in [-0.4, -0.2) is 45.0 Å². The SMILES string of the molecule is C#CCCCCCCCCCCCCCC(=O)OC[C@H](COCc1ccccc1)OC(=O)CCCCCCCOC. The third-order valence-electron chi connectivity index (χ3n) is 7.08. The van der Waals surface area contributed by atoms with Gasteiger partial charge in [0, 0.05) is 33.0 Å². The maximum Gasteiger partial charge on any atom is 0.306 e. The molecule has 0 aliphatic rings. The van der Waals surface area contributed by atoms with E-state index in [9.17, 15) is 9.59 Å². The Bertz CT molecular complexity index is 788. The van der Waals surface area contributed by atoms with Crippen LogP contribution in [0.2, 0.25) is 0 Å². The molecule has 0 unspecified atom stereocenters. The minimum atomic E-state index is -0.603. The van der Waals surface area contributed by atoms with E-state index < -0.39 is 6.10 Å². The summed E-state index contributed by atoms with van der Waals surface area (Å²) in [6, 6.07) is 9.84. The molecule has 0 radical (unpaired) electrons. The second kappa shape index (κ2) is 27.8. The van der Waals surface area contributed by atoms with Crippen LogP contribution >= 0.6 is 0 Å². The van der Waals surface area contributed by atoms with Crippen molar-refractivity contribution in [2.24, 2.45) is 0 Å². The van der Waals surface area contributed by atoms with Crippen LogP contribution in [-0.2, 0) is 35.1 Å². The van der Waals surface area contributed by atoms with Crippen molar-refractivity contribution in [2.45, 2.75) is 135 Å². The maximum absolute atomic E-state index is 12.4. The molecule has 0 saturated carbocycles. The highest BCUT2D eigenvalue weighted by Crippen LogP contribution is 2.13. The average Bonchev–Trinajstić information content (AvgIpc) is 2.98. The molecule has 6 heteroatoms. The van der Waals surface area contributed by atoms with Gasteiger partial charge in [0.2, 0.25) is 0 Å². The van der Waals surface area contributed by atoms with Crippen LogP contribution in [0.15, 0.2) is 30.3 Å². The first-order valence-electron chi connectivity index (χ1n) is 16.0. The van der Waals surface area contributed by atoms with E-state index in [1.54, 1.807) is 7.11 Å². The van der Waals surface area contributed by atoms with Gasteiger partial charge >= 0.3 is 11.9 Å². The molecule has 0 amide bonds. The largest absolute Gasteiger partial charge is 0.462 e. The van der Waals surface area contributed by atoms with Crippen LogP contribution in [0.25, 0.3) is 0 Å². The fourth-order valence-electron chi connectivity index (χ4n) is 4.63. The summed E-state index contributed by atoms with van der Waals surface area (Å²) in [5.41, 5.74) is 1.04. The zero-order valence-corrected chi connectivity index (χ0v) is 25.8. The highest BCUT2D eigenvalue weighted by atomic mass is 16.6. The summed E-state index contributed by atoms with van der Waals surface area (Å²) in [6.45, 7) is 1.41. The number of benzene rings is 1. The van der Waals surface area contributed by atoms with Crippen LogP contribution in [0.3, 0.4) is 0 Å². The lowest BCUT2D eigenvalue weighted by Gasteiger charge is -2.18. The van der Waals surface area contributed by atoms with Gasteiger partial charge in [0.05, 0.1) is 13.2 Å². The van der Waals surface area contributed by atoms with Gasteiger partial charge in [-0.2, -0.15) is 0 Å². The monoisotopic (exact) mass is 572 g/mol. The molecule has 0 spiro atoms. The van der Waals surface area contributed by atoms with Gasteiger partial charge in [-0.05, 0) is 31.2 Å². The van der Waals surface area contributed by atoms with Gasteiger partial charge in [-0.3, -0.25) is 9.59 Å². The van der Waals surface area contributed by atoms with Crippen molar-refractivity contribution in [3.8, 4) is 12.3 Å². The number of esters is 2. The molecule has 0 aliphatic carbocycles. The zero-order chi connectivity index (χ0) is 29.6. The van der Waals surface area contributed by atoms with E-state index in [1.807, 2.05) is 30.3 Å². The fraction of sp³-hybridized carbons (Fsp3) is 0.714. The van der Waals surface area contributed by atoms with Crippen LogP contribution in [0.5, 0.6) is 0 Å². The van der Waals surface area contributed by atoms with E-state index in [0.29, 0.717) is 19.4 Å². The Morgan fingerprint density at radius 3 is 1.83 bits per heavy atom. The molecule has 0 N–H and O–H groups in total. The van der Waals surface area contributed by atoms with Gasteiger partial charge in [-0.1, -0.05) is 107 Å². The van der Waals surface area contributed by atoms with Gasteiger partial charge in [0.25, 0.3) is 0 Å². The molecule has 0 fully saturated rings. The number of terminal acetylenes is 1. The van der Waals surface area contributed by atoms with Gasteiger partial charge in [-0.15, -0.1) is 12.3 Å². The van der Waals surface area contributed by atoms with Gasteiger partial charge in [-0.25, -0.2) is 0 Å². The highest BCUT2D eigenvalue weighted by Gasteiger charge is 2.17. The van der Waals surface area contributed by atoms with Crippen molar-refractivity contribution < 1.29 is 28.5 Å². The van der Waals surface area contributed by atoms with Crippen molar-refractivity contribution in [3.05, 3.63) is 35.9 Å². The van der Waals surface area contributed by atoms with Crippen LogP contribution in [0.4, 0.5) is 0 Å². The molecule has 41 heavy (non-hydrogen) atoms. The Morgan fingerprint density at radius 2 is 1.24 bits per heavy atom. The molecule has 0 heterocycles. The van der Waals surface area contributed by atoms with Crippen molar-refractivity contribution in [2.75, 3.05) is 26.9 Å². The first kappa shape index (κ1) is 36.7. The highest BCUT2D eigenvalue weighted by molar-refractivity contribution is 5.70. The number of carbonyl (C=O) groups is 2. The molecule has 0 bridgehead atoms. The summed E-state index contributed by atoms with van der Waals surface area (Å²) < 4.78 is 22.0. The molecule has 232 valence electrons. The molecule has 1 aromatic rings. The standard InChI is InChI=1S/C35H56O6/c1-3-4-5-6-7-8-9-10-11-12-13-15-21-26-34(36)40-31-33(30-39-29-32-24-19-18-20-25-32)41-35(37)27-22-16-14-17-23-28-38-2/h1,18-20,24-25,33H,4-17,21-23,26-31H2,2H3/t33-/m0/s1. The second-order valence-corrected chi connectivity index (χ2v) is 10.9. The van der Waals surface area contributed by atoms with Gasteiger partial charge < -0.3 is 18.9 Å². The summed E-state index contributed by atoms with van der Waals surface area (Å²) in [6.07, 6.45) is 24.4. The third kappa shape index (κ3) is 24.0. The third-order valence-corrected chi connectivity index (χ3v) is 7.08. The zero-order valence-electron chi connectivity index (χ0n) is 25.8. The Kier molecular flexibility index (Phi) is 24.9. The molecular weight excluding hydrogens is 516 g/mol. The summed E-state index contributed by atoms with van der Waals surface area (Å²) in [5, 5.41) is 0. The molecule has 1 atom stereocenters. The topological polar surface area (TPSA) is 71.1 Å². The molecule has 1 aromatic carbocycles. The number of rotatable bonds is 28. The lowest BCUT2D eigenvalue weighted by atomic mass is 10.0. The quantitative estimate of drug-likeness (QED) is 0.0571. The minimum absolute atomic E-state index is 0.0269. The van der Waals surface area contributed by atoms with Crippen LogP contribution in [0.1, 0.15) is 128 Å². The van der Waals surface area contributed by atoms with E-state index in [-0.39, 0.29) is 25.2 Å². The lowest BCUT2D eigenvalue weighted by Crippen LogP contribution is -2.29. The van der Waals surface area contributed by atoms with E-state index in [0.717, 1.165) is 76.4 Å². The molecule has 1 rings (SSSR count). The van der Waals surface area contributed by atoms with Crippen LogP contribution < -0.4 is 0 Å². The van der Waals surface area contributed by atoms with Crippen molar-refractivity contribution in [1.29, 1.82) is 0 Å². The second-order valence-electron chi connectivity index (χ2n) is 10.9. The van der Waals surface area contributed by atoms with Gasteiger partial charge in [0.15, 0.2) is 6.10 Å².